The van der Waals surface area contributed by atoms with Crippen LogP contribution < -0.4 is 0 Å². The first-order valence-corrected chi connectivity index (χ1v) is 11.2. The number of hydrogen-bond acceptors (Lipinski definition) is 6. The van der Waals surface area contributed by atoms with Gasteiger partial charge in [-0.05, 0) is 32.8 Å². The summed E-state index contributed by atoms with van der Waals surface area (Å²) in [7, 11) is 0. The van der Waals surface area contributed by atoms with Crippen molar-refractivity contribution in [2.45, 2.75) is 58.4 Å². The van der Waals surface area contributed by atoms with Gasteiger partial charge in [-0.2, -0.15) is 15.3 Å². The summed E-state index contributed by atoms with van der Waals surface area (Å²) in [5.74, 6) is -0.549. The number of aromatic nitrogens is 7. The Morgan fingerprint density at radius 3 is 2.50 bits per heavy atom. The largest absolute Gasteiger partial charge is 0.348 e. The van der Waals surface area contributed by atoms with Gasteiger partial charge in [0.2, 0.25) is 0 Å². The Bertz CT molecular complexity index is 1210. The molecule has 0 spiro atoms. The van der Waals surface area contributed by atoms with E-state index in [-0.39, 0.29) is 6.04 Å². The number of rotatable bonds is 6. The molecule has 5 heterocycles. The van der Waals surface area contributed by atoms with Gasteiger partial charge < -0.3 is 9.47 Å². The fraction of sp³-hybridized carbons (Fsp3) is 0.478. The van der Waals surface area contributed by atoms with Crippen LogP contribution in [0.5, 0.6) is 0 Å². The Kier molecular flexibility index (Phi) is 5.30. The van der Waals surface area contributed by atoms with E-state index in [1.165, 1.54) is 0 Å². The zero-order valence-electron chi connectivity index (χ0n) is 19.0. The Morgan fingerprint density at radius 1 is 1.00 bits per heavy atom. The quantitative estimate of drug-likeness (QED) is 0.453. The minimum Gasteiger partial charge on any atom is -0.348 e. The molecule has 0 radical (unpaired) electrons. The molecule has 4 aromatic rings. The van der Waals surface area contributed by atoms with Crippen molar-refractivity contribution in [3.63, 3.8) is 0 Å². The van der Waals surface area contributed by atoms with Gasteiger partial charge in [-0.3, -0.25) is 9.36 Å². The van der Waals surface area contributed by atoms with Crippen molar-refractivity contribution in [1.82, 2.24) is 34.2 Å². The average molecular weight is 436 g/mol. The molecule has 0 aromatic carbocycles. The maximum Gasteiger partial charge on any atom is 0.162 e. The Labute approximate surface area is 187 Å². The third-order valence-corrected chi connectivity index (χ3v) is 6.10. The van der Waals surface area contributed by atoms with Crippen LogP contribution in [-0.4, -0.2) is 53.2 Å². The SMILES string of the molecule is CCC(CC)n1cc(-c2nc(-c3cnn(C4COC(C)(C)OC4)c3)cn3nccc23)cn1. The molecule has 0 aliphatic carbocycles. The van der Waals surface area contributed by atoms with E-state index in [9.17, 15) is 0 Å². The molecule has 168 valence electrons. The molecule has 4 aromatic heterocycles. The monoisotopic (exact) mass is 435 g/mol. The molecule has 0 atom stereocenters. The summed E-state index contributed by atoms with van der Waals surface area (Å²) >= 11 is 0. The summed E-state index contributed by atoms with van der Waals surface area (Å²) in [6.07, 6.45) is 13.6. The van der Waals surface area contributed by atoms with E-state index in [1.54, 1.807) is 6.20 Å². The maximum absolute atomic E-state index is 5.79. The first-order valence-electron chi connectivity index (χ1n) is 11.2. The molecule has 0 amide bonds. The van der Waals surface area contributed by atoms with Gasteiger partial charge in [0.15, 0.2) is 5.79 Å². The number of ether oxygens (including phenoxy) is 2. The highest BCUT2D eigenvalue weighted by Gasteiger charge is 2.29. The molecule has 0 unspecified atom stereocenters. The van der Waals surface area contributed by atoms with Gasteiger partial charge in [-0.1, -0.05) is 13.8 Å². The van der Waals surface area contributed by atoms with E-state index in [0.29, 0.717) is 19.3 Å². The van der Waals surface area contributed by atoms with Crippen LogP contribution in [0, 0.1) is 0 Å². The standard InChI is InChI=1S/C23H29N7O2/c1-5-18(6-2)28-12-17(10-26-28)22-21-7-8-24-30(21)13-20(27-22)16-9-25-29(11-16)19-14-31-23(3,4)32-15-19/h7-13,18-19H,5-6,14-15H2,1-4H3. The molecule has 9 nitrogen and oxygen atoms in total. The second kappa shape index (κ2) is 8.14. The Morgan fingerprint density at radius 2 is 1.75 bits per heavy atom. The molecular weight excluding hydrogens is 406 g/mol. The summed E-state index contributed by atoms with van der Waals surface area (Å²) in [6.45, 7) is 9.33. The Hall–Kier alpha value is -3.04. The third kappa shape index (κ3) is 3.82. The van der Waals surface area contributed by atoms with Crippen LogP contribution in [0.25, 0.3) is 28.0 Å². The van der Waals surface area contributed by atoms with Crippen LogP contribution in [0.2, 0.25) is 0 Å². The van der Waals surface area contributed by atoms with E-state index < -0.39 is 5.79 Å². The fourth-order valence-corrected chi connectivity index (χ4v) is 4.11. The summed E-state index contributed by atoms with van der Waals surface area (Å²) in [5, 5.41) is 13.6. The average Bonchev–Trinajstić information content (AvgIpc) is 3.54. The fourth-order valence-electron chi connectivity index (χ4n) is 4.11. The van der Waals surface area contributed by atoms with E-state index in [0.717, 1.165) is 40.9 Å². The van der Waals surface area contributed by atoms with Gasteiger partial charge in [0, 0.05) is 23.5 Å². The van der Waals surface area contributed by atoms with Crippen molar-refractivity contribution in [2.75, 3.05) is 13.2 Å². The molecule has 1 aliphatic heterocycles. The predicted molar refractivity (Wildman–Crippen MR) is 120 cm³/mol. The lowest BCUT2D eigenvalue weighted by molar-refractivity contribution is -0.259. The highest BCUT2D eigenvalue weighted by molar-refractivity contribution is 5.78. The van der Waals surface area contributed by atoms with E-state index in [4.69, 9.17) is 14.5 Å². The van der Waals surface area contributed by atoms with Crippen molar-refractivity contribution in [3.8, 4) is 22.5 Å². The maximum atomic E-state index is 5.79. The summed E-state index contributed by atoms with van der Waals surface area (Å²) in [5.41, 5.74) is 4.50. The van der Waals surface area contributed by atoms with Gasteiger partial charge in [-0.15, -0.1) is 0 Å². The van der Waals surface area contributed by atoms with Crippen molar-refractivity contribution >= 4 is 5.52 Å². The molecule has 1 saturated heterocycles. The second-order valence-corrected chi connectivity index (χ2v) is 8.70. The van der Waals surface area contributed by atoms with Crippen LogP contribution in [0.1, 0.15) is 52.6 Å². The summed E-state index contributed by atoms with van der Waals surface area (Å²) in [4.78, 5) is 4.99. The van der Waals surface area contributed by atoms with Gasteiger partial charge in [0.25, 0.3) is 0 Å². The number of fused-ring (bicyclic) bond motifs is 1. The van der Waals surface area contributed by atoms with E-state index >= 15 is 0 Å². The van der Waals surface area contributed by atoms with E-state index in [1.807, 2.05) is 58.6 Å². The topological polar surface area (TPSA) is 84.3 Å². The lowest BCUT2D eigenvalue weighted by Gasteiger charge is -2.34. The highest BCUT2D eigenvalue weighted by Crippen LogP contribution is 2.29. The molecule has 9 heteroatoms. The molecule has 0 N–H and O–H groups in total. The van der Waals surface area contributed by atoms with Gasteiger partial charge >= 0.3 is 0 Å². The number of nitrogens with zero attached hydrogens (tertiary/aromatic N) is 7. The van der Waals surface area contributed by atoms with Crippen LogP contribution in [0.4, 0.5) is 0 Å². The third-order valence-electron chi connectivity index (χ3n) is 6.10. The molecule has 1 fully saturated rings. The van der Waals surface area contributed by atoms with Crippen molar-refractivity contribution in [1.29, 1.82) is 0 Å². The van der Waals surface area contributed by atoms with Crippen molar-refractivity contribution in [3.05, 3.63) is 43.2 Å². The first kappa shape index (κ1) is 20.8. The van der Waals surface area contributed by atoms with Crippen LogP contribution in [0.15, 0.2) is 43.2 Å². The van der Waals surface area contributed by atoms with Crippen LogP contribution >= 0.6 is 0 Å². The number of hydrogen-bond donors (Lipinski definition) is 0. The van der Waals surface area contributed by atoms with Gasteiger partial charge in [-0.25, -0.2) is 9.50 Å². The molecule has 0 saturated carbocycles. The normalized spacial score (nSPS) is 16.9. The molecule has 1 aliphatic rings. The summed E-state index contributed by atoms with van der Waals surface area (Å²) in [6, 6.07) is 2.39. The Balaban J connectivity index is 1.49. The van der Waals surface area contributed by atoms with Gasteiger partial charge in [0.05, 0.1) is 67.0 Å². The van der Waals surface area contributed by atoms with Crippen LogP contribution in [-0.2, 0) is 9.47 Å². The molecule has 32 heavy (non-hydrogen) atoms. The minimum absolute atomic E-state index is 0.0305. The lowest BCUT2D eigenvalue weighted by atomic mass is 10.1. The second-order valence-electron chi connectivity index (χ2n) is 8.70. The zero-order chi connectivity index (χ0) is 22.3. The molecule has 0 bridgehead atoms. The van der Waals surface area contributed by atoms with Crippen molar-refractivity contribution < 1.29 is 9.47 Å². The van der Waals surface area contributed by atoms with E-state index in [2.05, 4.69) is 35.3 Å². The predicted octanol–water partition coefficient (Wildman–Crippen LogP) is 4.14. The lowest BCUT2D eigenvalue weighted by Crippen LogP contribution is -2.40. The zero-order valence-corrected chi connectivity index (χ0v) is 19.0. The van der Waals surface area contributed by atoms with Gasteiger partial charge in [0.1, 0.15) is 0 Å². The highest BCUT2D eigenvalue weighted by atomic mass is 16.7. The van der Waals surface area contributed by atoms with Crippen molar-refractivity contribution in [2.24, 2.45) is 0 Å². The summed E-state index contributed by atoms with van der Waals surface area (Å²) < 4.78 is 17.4. The van der Waals surface area contributed by atoms with Crippen LogP contribution in [0.3, 0.4) is 0 Å². The molecular formula is C23H29N7O2. The smallest absolute Gasteiger partial charge is 0.162 e. The molecule has 5 rings (SSSR count). The first-order chi connectivity index (χ1) is 15.5. The minimum atomic E-state index is -0.549.